The Hall–Kier alpha value is -2.00. The molecule has 0 amide bonds. The zero-order valence-corrected chi connectivity index (χ0v) is 29.7. The topological polar surface area (TPSA) is 121 Å². The lowest BCUT2D eigenvalue weighted by atomic mass is 10.1. The Balaban J connectivity index is 1.47. The van der Waals surface area contributed by atoms with Gasteiger partial charge in [-0.05, 0) is 45.3 Å². The first-order valence-electron chi connectivity index (χ1n) is 15.0. The predicted molar refractivity (Wildman–Crippen MR) is 181 cm³/mol. The van der Waals surface area contributed by atoms with Crippen molar-refractivity contribution in [1.29, 1.82) is 0 Å². The Morgan fingerprint density at radius 1 is 1.18 bits per heavy atom. The van der Waals surface area contributed by atoms with Gasteiger partial charge in [0.25, 0.3) is 0 Å². The van der Waals surface area contributed by atoms with Gasteiger partial charge in [0.1, 0.15) is 30.4 Å². The summed E-state index contributed by atoms with van der Waals surface area (Å²) in [5, 5.41) is 13.9. The van der Waals surface area contributed by atoms with Crippen LogP contribution in [0.3, 0.4) is 0 Å². The van der Waals surface area contributed by atoms with Crippen molar-refractivity contribution in [3.05, 3.63) is 48.5 Å². The number of nitrogens with one attached hydrogen (secondary N) is 1. The number of hydrogen-bond donors (Lipinski definition) is 2. The van der Waals surface area contributed by atoms with E-state index in [1.54, 1.807) is 34.8 Å². The molecule has 3 heterocycles. The third-order valence-electron chi connectivity index (χ3n) is 8.35. The standard InChI is InChI=1S/C31H47N5O5S2Si/c1-21(37)14-15-31(5,6)43-42-20-39-23-16-25(41-24(23)17-40-44(7,8)30(2,3)4)36-19-34-26-27(32-18-33-28(26)36)35-29(38)22-12-10-9-11-13-22/h9-13,18-19,23-25,29,38H,14-17,20H2,1-8H3,(H,32,33,35)/t23?,24-,25-,29?/m1/s1. The average Bonchev–Trinajstić information content (AvgIpc) is 3.58. The van der Waals surface area contributed by atoms with Gasteiger partial charge < -0.3 is 29.1 Å². The fraction of sp³-hybridized carbons (Fsp3) is 0.613. The molecule has 1 fully saturated rings. The van der Waals surface area contributed by atoms with Crippen LogP contribution in [0.1, 0.15) is 78.8 Å². The Morgan fingerprint density at radius 2 is 1.91 bits per heavy atom. The quantitative estimate of drug-likeness (QED) is 0.0750. The number of fused-ring (bicyclic) bond motifs is 1. The fourth-order valence-electron chi connectivity index (χ4n) is 4.54. The van der Waals surface area contributed by atoms with Gasteiger partial charge in [0.15, 0.2) is 31.5 Å². The van der Waals surface area contributed by atoms with Gasteiger partial charge in [0, 0.05) is 23.2 Å². The van der Waals surface area contributed by atoms with E-state index in [1.165, 1.54) is 6.33 Å². The number of hydrogen-bond acceptors (Lipinski definition) is 11. The molecule has 0 radical (unpaired) electrons. The molecule has 4 rings (SSSR count). The first kappa shape index (κ1) is 34.9. The van der Waals surface area contributed by atoms with E-state index >= 15 is 0 Å². The zero-order valence-electron chi connectivity index (χ0n) is 27.1. The molecule has 2 unspecified atom stereocenters. The summed E-state index contributed by atoms with van der Waals surface area (Å²) in [6, 6.07) is 9.34. The molecule has 1 aromatic carbocycles. The van der Waals surface area contributed by atoms with Gasteiger partial charge in [0.2, 0.25) is 0 Å². The van der Waals surface area contributed by atoms with Gasteiger partial charge in [-0.25, -0.2) is 15.0 Å². The number of nitrogens with zero attached hydrogens (tertiary/aromatic N) is 4. The molecule has 242 valence electrons. The molecule has 0 saturated carbocycles. The number of ketones is 1. The first-order valence-corrected chi connectivity index (χ1v) is 20.3. The van der Waals surface area contributed by atoms with Crippen LogP contribution in [0.5, 0.6) is 0 Å². The van der Waals surface area contributed by atoms with E-state index in [0.29, 0.717) is 42.4 Å². The molecule has 0 aliphatic carbocycles. The average molecular weight is 662 g/mol. The summed E-state index contributed by atoms with van der Waals surface area (Å²) in [7, 11) is 1.39. The second-order valence-electron chi connectivity index (χ2n) is 13.4. The van der Waals surface area contributed by atoms with Crippen LogP contribution in [0.25, 0.3) is 11.2 Å². The summed E-state index contributed by atoms with van der Waals surface area (Å²) in [5.41, 5.74) is 1.87. The van der Waals surface area contributed by atoms with Gasteiger partial charge in [-0.15, -0.1) is 0 Å². The zero-order chi connectivity index (χ0) is 32.1. The van der Waals surface area contributed by atoms with Crippen molar-refractivity contribution < 1.29 is 23.8 Å². The highest BCUT2D eigenvalue weighted by Gasteiger charge is 2.42. The molecule has 1 aliphatic heterocycles. The summed E-state index contributed by atoms with van der Waals surface area (Å²) in [6.45, 7) is 17.6. The summed E-state index contributed by atoms with van der Waals surface area (Å²) in [6.07, 6.45) is 3.43. The molecule has 3 aromatic rings. The second-order valence-corrected chi connectivity index (χ2v) is 21.2. The maximum atomic E-state index is 11.5. The highest BCUT2D eigenvalue weighted by atomic mass is 33.1. The number of anilines is 1. The van der Waals surface area contributed by atoms with Gasteiger partial charge >= 0.3 is 0 Å². The van der Waals surface area contributed by atoms with Crippen LogP contribution in [0.4, 0.5) is 5.82 Å². The molecule has 44 heavy (non-hydrogen) atoms. The number of benzene rings is 1. The molecule has 2 aromatic heterocycles. The van der Waals surface area contributed by atoms with Gasteiger partial charge in [0.05, 0.1) is 19.0 Å². The number of ether oxygens (including phenoxy) is 2. The number of imidazole rings is 1. The Bertz CT molecular complexity index is 1380. The summed E-state index contributed by atoms with van der Waals surface area (Å²) in [4.78, 5) is 24.9. The number of aliphatic hydroxyl groups is 1. The highest BCUT2D eigenvalue weighted by Crippen LogP contribution is 2.41. The van der Waals surface area contributed by atoms with Crippen LogP contribution in [0.15, 0.2) is 43.0 Å². The Morgan fingerprint density at radius 3 is 2.59 bits per heavy atom. The lowest BCUT2D eigenvalue weighted by molar-refractivity contribution is -0.117. The third-order valence-corrected chi connectivity index (χ3v) is 15.8. The minimum atomic E-state index is -2.01. The molecule has 0 bridgehead atoms. The lowest BCUT2D eigenvalue weighted by Gasteiger charge is -2.37. The monoisotopic (exact) mass is 661 g/mol. The summed E-state index contributed by atoms with van der Waals surface area (Å²) in [5.74, 6) is 1.14. The van der Waals surface area contributed by atoms with E-state index in [1.807, 2.05) is 34.9 Å². The minimum Gasteiger partial charge on any atom is -0.414 e. The Kier molecular flexibility index (Phi) is 11.6. The lowest BCUT2D eigenvalue weighted by Crippen LogP contribution is -2.44. The third kappa shape index (κ3) is 9.05. The van der Waals surface area contributed by atoms with Crippen LogP contribution in [0.2, 0.25) is 18.1 Å². The van der Waals surface area contributed by atoms with Crippen molar-refractivity contribution in [2.45, 2.75) is 108 Å². The van der Waals surface area contributed by atoms with Crippen molar-refractivity contribution in [2.75, 3.05) is 17.9 Å². The SMILES string of the molecule is CC(=O)CCC(C)(C)SSCOC1C[C@H](n2cnc3c(NC(O)c4ccccc4)ncnc32)O[C@@H]1CO[Si](C)(C)C(C)(C)C. The second kappa shape index (κ2) is 14.6. The van der Waals surface area contributed by atoms with Crippen LogP contribution in [0, 0.1) is 0 Å². The van der Waals surface area contributed by atoms with Crippen molar-refractivity contribution in [1.82, 2.24) is 19.5 Å². The molecule has 13 heteroatoms. The fourth-order valence-corrected chi connectivity index (χ4v) is 7.85. The molecule has 1 aliphatic rings. The van der Waals surface area contributed by atoms with E-state index in [2.05, 4.69) is 68.0 Å². The van der Waals surface area contributed by atoms with Crippen LogP contribution >= 0.6 is 21.6 Å². The van der Waals surface area contributed by atoms with E-state index in [9.17, 15) is 9.90 Å². The number of carbonyl (C=O) groups excluding carboxylic acids is 1. The van der Waals surface area contributed by atoms with Gasteiger partial charge in [-0.2, -0.15) is 0 Å². The number of rotatable bonds is 15. The van der Waals surface area contributed by atoms with Crippen LogP contribution in [-0.4, -0.2) is 68.2 Å². The van der Waals surface area contributed by atoms with Crippen LogP contribution in [-0.2, 0) is 18.7 Å². The van der Waals surface area contributed by atoms with E-state index < -0.39 is 14.5 Å². The van der Waals surface area contributed by atoms with Crippen LogP contribution < -0.4 is 5.32 Å². The minimum absolute atomic E-state index is 0.0332. The van der Waals surface area contributed by atoms with Crippen molar-refractivity contribution in [2.24, 2.45) is 0 Å². The molecule has 4 atom stereocenters. The van der Waals surface area contributed by atoms with Crippen molar-refractivity contribution in [3.8, 4) is 0 Å². The number of aromatic nitrogens is 4. The largest absolute Gasteiger partial charge is 0.414 e. The summed E-state index contributed by atoms with van der Waals surface area (Å²) < 4.78 is 21.5. The molecule has 1 saturated heterocycles. The van der Waals surface area contributed by atoms with Gasteiger partial charge in [-0.1, -0.05) is 72.7 Å². The van der Waals surface area contributed by atoms with Gasteiger partial charge in [-0.3, -0.25) is 4.57 Å². The maximum absolute atomic E-state index is 11.5. The first-order chi connectivity index (χ1) is 20.7. The van der Waals surface area contributed by atoms with Crippen molar-refractivity contribution >= 4 is 52.7 Å². The van der Waals surface area contributed by atoms with E-state index in [4.69, 9.17) is 13.9 Å². The number of Topliss-reactive ketones (excluding diaryl/α,β-unsaturated/α-hetero) is 1. The normalized spacial score (nSPS) is 20.2. The highest BCUT2D eigenvalue weighted by molar-refractivity contribution is 8.77. The van der Waals surface area contributed by atoms with E-state index in [0.717, 1.165) is 12.0 Å². The summed E-state index contributed by atoms with van der Waals surface area (Å²) >= 11 is 0. The van der Waals surface area contributed by atoms with E-state index in [-0.39, 0.29) is 34.0 Å². The molecule has 0 spiro atoms. The number of aliphatic hydroxyl groups excluding tert-OH is 1. The molecular formula is C31H47N5O5S2Si. The molecular weight excluding hydrogens is 615 g/mol. The predicted octanol–water partition coefficient (Wildman–Crippen LogP) is 7.11. The molecule has 2 N–H and O–H groups in total. The van der Waals surface area contributed by atoms with Crippen molar-refractivity contribution in [3.63, 3.8) is 0 Å². The Labute approximate surface area is 270 Å². The number of carbonyl (C=O) groups is 1. The molecule has 10 nitrogen and oxygen atoms in total. The smallest absolute Gasteiger partial charge is 0.192 e. The maximum Gasteiger partial charge on any atom is 0.192 e.